The fraction of sp³-hybridized carbons (Fsp3) is 0.556. The van der Waals surface area contributed by atoms with Gasteiger partial charge in [0.15, 0.2) is 0 Å². The van der Waals surface area contributed by atoms with Gasteiger partial charge in [0.05, 0.1) is 6.04 Å². The highest BCUT2D eigenvalue weighted by atomic mass is 16.2. The molecule has 0 aromatic heterocycles. The minimum Gasteiger partial charge on any atom is -0.350 e. The number of hydrogen-bond acceptors (Lipinski definition) is 3. The fourth-order valence-electron chi connectivity index (χ4n) is 2.81. The Labute approximate surface area is 138 Å². The lowest BCUT2D eigenvalue weighted by atomic mass is 10.1. The number of nitrogens with zero attached hydrogens (tertiary/aromatic N) is 2. The van der Waals surface area contributed by atoms with Gasteiger partial charge in [-0.3, -0.25) is 9.59 Å². The molecule has 23 heavy (non-hydrogen) atoms. The topological polar surface area (TPSA) is 52.7 Å². The summed E-state index contributed by atoms with van der Waals surface area (Å²) in [6.07, 6.45) is 1.54. The molecule has 5 nitrogen and oxygen atoms in total. The Bertz CT molecular complexity index is 518. The van der Waals surface area contributed by atoms with Crippen molar-refractivity contribution in [2.24, 2.45) is 0 Å². The third-order valence-electron chi connectivity index (χ3n) is 4.32. The van der Waals surface area contributed by atoms with Gasteiger partial charge in [-0.15, -0.1) is 0 Å². The molecule has 1 heterocycles. The van der Waals surface area contributed by atoms with E-state index in [1.165, 1.54) is 0 Å². The average molecular weight is 317 g/mol. The van der Waals surface area contributed by atoms with Crippen molar-refractivity contribution < 1.29 is 9.59 Å². The quantitative estimate of drug-likeness (QED) is 0.901. The van der Waals surface area contributed by atoms with Gasteiger partial charge >= 0.3 is 0 Å². The monoisotopic (exact) mass is 317 g/mol. The van der Waals surface area contributed by atoms with Crippen LogP contribution in [0.15, 0.2) is 30.3 Å². The highest BCUT2D eigenvalue weighted by Gasteiger charge is 2.18. The number of carbonyl (C=O) groups is 2. The second kappa shape index (κ2) is 8.67. The van der Waals surface area contributed by atoms with E-state index < -0.39 is 0 Å². The molecule has 1 atom stereocenters. The molecule has 1 aliphatic rings. The fourth-order valence-corrected chi connectivity index (χ4v) is 2.81. The summed E-state index contributed by atoms with van der Waals surface area (Å²) in [5.74, 6) is 0.0180. The van der Waals surface area contributed by atoms with Crippen molar-refractivity contribution in [2.75, 3.05) is 33.2 Å². The summed E-state index contributed by atoms with van der Waals surface area (Å²) in [6, 6.07) is 9.81. The van der Waals surface area contributed by atoms with E-state index in [9.17, 15) is 9.59 Å². The highest BCUT2D eigenvalue weighted by Crippen LogP contribution is 2.12. The standard InChI is InChI=1S/C18H27N3O2/c1-15(16-7-4-3-5-8-16)19-17(22)9-10-18(23)21-12-6-11-20(2)13-14-21/h3-5,7-8,15H,6,9-14H2,1-2H3,(H,19,22)/t15-/m0/s1. The molecule has 0 radical (unpaired) electrons. The van der Waals surface area contributed by atoms with E-state index in [4.69, 9.17) is 0 Å². The first-order chi connectivity index (χ1) is 11.1. The van der Waals surface area contributed by atoms with Crippen LogP contribution in [0.1, 0.15) is 37.8 Å². The number of carbonyl (C=O) groups excluding carboxylic acids is 2. The molecule has 126 valence electrons. The normalized spacial score (nSPS) is 17.4. The molecule has 1 aliphatic heterocycles. The van der Waals surface area contributed by atoms with Gasteiger partial charge in [0, 0.05) is 32.5 Å². The first-order valence-corrected chi connectivity index (χ1v) is 8.37. The van der Waals surface area contributed by atoms with E-state index >= 15 is 0 Å². The molecule has 0 aliphatic carbocycles. The lowest BCUT2D eigenvalue weighted by Crippen LogP contribution is -2.35. The van der Waals surface area contributed by atoms with E-state index in [0.717, 1.165) is 38.2 Å². The lowest BCUT2D eigenvalue weighted by molar-refractivity contribution is -0.133. The van der Waals surface area contributed by atoms with Gasteiger partial charge in [0.2, 0.25) is 11.8 Å². The van der Waals surface area contributed by atoms with Gasteiger partial charge in [0.1, 0.15) is 0 Å². The SMILES string of the molecule is C[C@H](NC(=O)CCC(=O)N1CCCN(C)CC1)c1ccccc1. The van der Waals surface area contributed by atoms with Crippen LogP contribution in [-0.2, 0) is 9.59 Å². The molecule has 1 aromatic carbocycles. The maximum Gasteiger partial charge on any atom is 0.223 e. The second-order valence-electron chi connectivity index (χ2n) is 6.24. The molecule has 0 unspecified atom stereocenters. The van der Waals surface area contributed by atoms with E-state index in [0.29, 0.717) is 0 Å². The van der Waals surface area contributed by atoms with Crippen molar-refractivity contribution in [1.29, 1.82) is 0 Å². The zero-order chi connectivity index (χ0) is 16.7. The molecule has 1 saturated heterocycles. The molecular weight excluding hydrogens is 290 g/mol. The summed E-state index contributed by atoms with van der Waals surface area (Å²) in [5, 5.41) is 2.96. The van der Waals surface area contributed by atoms with E-state index in [-0.39, 0.29) is 30.7 Å². The third-order valence-corrected chi connectivity index (χ3v) is 4.32. The Hall–Kier alpha value is -1.88. The third kappa shape index (κ3) is 5.67. The molecule has 0 bridgehead atoms. The van der Waals surface area contributed by atoms with Crippen molar-refractivity contribution in [3.63, 3.8) is 0 Å². The first-order valence-electron chi connectivity index (χ1n) is 8.37. The number of benzene rings is 1. The van der Waals surface area contributed by atoms with Gasteiger partial charge in [-0.2, -0.15) is 0 Å². The second-order valence-corrected chi connectivity index (χ2v) is 6.24. The van der Waals surface area contributed by atoms with Crippen molar-refractivity contribution in [2.45, 2.75) is 32.2 Å². The molecule has 5 heteroatoms. The van der Waals surface area contributed by atoms with Crippen LogP contribution in [0.25, 0.3) is 0 Å². The lowest BCUT2D eigenvalue weighted by Gasteiger charge is -2.20. The summed E-state index contributed by atoms with van der Waals surface area (Å²) in [4.78, 5) is 28.4. The zero-order valence-electron chi connectivity index (χ0n) is 14.1. The summed E-state index contributed by atoms with van der Waals surface area (Å²) in [5.41, 5.74) is 1.07. The van der Waals surface area contributed by atoms with Crippen LogP contribution < -0.4 is 5.32 Å². The molecule has 1 N–H and O–H groups in total. The Morgan fingerprint density at radius 2 is 1.83 bits per heavy atom. The Balaban J connectivity index is 1.74. The Kier molecular flexibility index (Phi) is 6.59. The minimum atomic E-state index is -0.0679. The predicted octanol–water partition coefficient (Wildman–Crippen LogP) is 1.81. The van der Waals surface area contributed by atoms with Gasteiger partial charge < -0.3 is 15.1 Å². The zero-order valence-corrected chi connectivity index (χ0v) is 14.1. The smallest absolute Gasteiger partial charge is 0.223 e. The predicted molar refractivity (Wildman–Crippen MR) is 90.9 cm³/mol. The Morgan fingerprint density at radius 1 is 1.09 bits per heavy atom. The van der Waals surface area contributed by atoms with E-state index in [2.05, 4.69) is 17.3 Å². The summed E-state index contributed by atoms with van der Waals surface area (Å²) in [7, 11) is 2.08. The molecule has 2 amide bonds. The summed E-state index contributed by atoms with van der Waals surface area (Å²) in [6.45, 7) is 5.45. The molecule has 0 spiro atoms. The summed E-state index contributed by atoms with van der Waals surface area (Å²) >= 11 is 0. The van der Waals surface area contributed by atoms with Gasteiger partial charge in [-0.25, -0.2) is 0 Å². The van der Waals surface area contributed by atoms with Crippen molar-refractivity contribution in [1.82, 2.24) is 15.1 Å². The van der Waals surface area contributed by atoms with Gasteiger partial charge in [0.25, 0.3) is 0 Å². The van der Waals surface area contributed by atoms with Gasteiger partial charge in [-0.1, -0.05) is 30.3 Å². The number of nitrogens with one attached hydrogen (secondary N) is 1. The van der Waals surface area contributed by atoms with Crippen LogP contribution in [0.2, 0.25) is 0 Å². The molecule has 1 aromatic rings. The summed E-state index contributed by atoms with van der Waals surface area (Å²) < 4.78 is 0. The van der Waals surface area contributed by atoms with Crippen molar-refractivity contribution in [3.8, 4) is 0 Å². The maximum atomic E-state index is 12.2. The van der Waals surface area contributed by atoms with Crippen molar-refractivity contribution >= 4 is 11.8 Å². The van der Waals surface area contributed by atoms with Crippen LogP contribution in [0.5, 0.6) is 0 Å². The largest absolute Gasteiger partial charge is 0.350 e. The average Bonchev–Trinajstić information content (AvgIpc) is 2.78. The number of likely N-dealkylation sites (N-methyl/N-ethyl adjacent to an activating group) is 1. The number of amides is 2. The van der Waals surface area contributed by atoms with Crippen LogP contribution in [0, 0.1) is 0 Å². The van der Waals surface area contributed by atoms with Crippen LogP contribution in [-0.4, -0.2) is 54.8 Å². The molecule has 0 saturated carbocycles. The molecule has 2 rings (SSSR count). The van der Waals surface area contributed by atoms with Crippen LogP contribution >= 0.6 is 0 Å². The molecule has 1 fully saturated rings. The maximum absolute atomic E-state index is 12.2. The molecular formula is C18H27N3O2. The van der Waals surface area contributed by atoms with Crippen LogP contribution in [0.4, 0.5) is 0 Å². The van der Waals surface area contributed by atoms with E-state index in [1.807, 2.05) is 42.2 Å². The van der Waals surface area contributed by atoms with Crippen LogP contribution in [0.3, 0.4) is 0 Å². The van der Waals surface area contributed by atoms with Gasteiger partial charge in [-0.05, 0) is 32.5 Å². The first kappa shape index (κ1) is 17.5. The van der Waals surface area contributed by atoms with E-state index in [1.54, 1.807) is 0 Å². The highest BCUT2D eigenvalue weighted by molar-refractivity contribution is 5.84. The number of hydrogen-bond donors (Lipinski definition) is 1. The Morgan fingerprint density at radius 3 is 2.57 bits per heavy atom. The minimum absolute atomic E-state index is 0.0364. The van der Waals surface area contributed by atoms with Crippen molar-refractivity contribution in [3.05, 3.63) is 35.9 Å². The number of rotatable bonds is 5.